The highest BCUT2D eigenvalue weighted by atomic mass is 31.2. The van der Waals surface area contributed by atoms with Crippen LogP contribution in [-0.4, -0.2) is 283 Å². The largest absolute Gasteiger partial charge is 0.790 e. The van der Waals surface area contributed by atoms with Crippen molar-refractivity contribution in [2.45, 2.75) is 346 Å². The zero-order chi connectivity index (χ0) is 113. The number of phosphoric acid groups is 10. The Balaban J connectivity index is -0.000000561. The Kier molecular flexibility index (Phi) is 82.8. The maximum Gasteiger partial charge on any atom is 0.268 e. The van der Waals surface area contributed by atoms with Crippen molar-refractivity contribution in [2.75, 3.05) is 133 Å². The topological polar surface area (TPSA) is 776 Å². The van der Waals surface area contributed by atoms with Crippen molar-refractivity contribution in [1.29, 1.82) is 0 Å². The maximum atomic E-state index is 12.1. The second kappa shape index (κ2) is 77.7. The number of aliphatic hydroxyl groups is 4. The van der Waals surface area contributed by atoms with E-state index in [1.54, 1.807) is 0 Å². The molecule has 25 atom stereocenters. The number of aliphatic hydroxyl groups excluding tert-OH is 4. The Bertz CT molecular complexity index is 3930. The van der Waals surface area contributed by atoms with E-state index >= 15 is 0 Å². The predicted octanol–water partition coefficient (Wildman–Crippen LogP) is 5.57. The van der Waals surface area contributed by atoms with Crippen LogP contribution in [0.2, 0.25) is 0 Å². The Labute approximate surface area is 870 Å². The van der Waals surface area contributed by atoms with Crippen LogP contribution in [0.25, 0.3) is 0 Å². The second-order valence-electron chi connectivity index (χ2n) is 36.1. The van der Waals surface area contributed by atoms with E-state index in [0.717, 1.165) is 13.8 Å². The molecule has 4 N–H and O–H groups in total. The second-order valence-corrected chi connectivity index (χ2v) is 51.5. The number of phosphoric ester groups is 10. The van der Waals surface area contributed by atoms with E-state index in [9.17, 15) is 109 Å². The van der Waals surface area contributed by atoms with Gasteiger partial charge in [-0.15, -0.1) is 0 Å². The van der Waals surface area contributed by atoms with Gasteiger partial charge in [-0.05, 0) is 130 Å². The quantitative estimate of drug-likeness (QED) is 0.0328. The lowest BCUT2D eigenvalue weighted by Gasteiger charge is -2.34. The Hall–Kier alpha value is 1.21. The fourth-order valence-electron chi connectivity index (χ4n) is 12.3. The number of rotatable bonds is 61. The molecule has 10 radical (unpaired) electrons. The van der Waals surface area contributed by atoms with Crippen LogP contribution in [0.4, 0.5) is 0 Å². The van der Waals surface area contributed by atoms with E-state index in [2.05, 4.69) is 63.6 Å². The monoisotopic (exact) mass is 2320 g/mol. The lowest BCUT2D eigenvalue weighted by atomic mass is 9.85. The molecule has 5 fully saturated rings. The third-order valence-electron chi connectivity index (χ3n) is 18.0. The summed E-state index contributed by atoms with van der Waals surface area (Å²) in [5, 5.41) is 32.7. The van der Waals surface area contributed by atoms with Gasteiger partial charge in [0.1, 0.15) is 46.8 Å². The van der Waals surface area contributed by atoms with Crippen molar-refractivity contribution >= 4 is 125 Å². The molecule has 25 unspecified atom stereocenters. The average molecular weight is 2320 g/mol. The Morgan fingerprint density at radius 2 is 0.445 bits per heavy atom. The van der Waals surface area contributed by atoms with E-state index < -0.39 is 228 Å². The molecule has 52 nitrogen and oxygen atoms in total. The first kappa shape index (κ1) is 156. The van der Waals surface area contributed by atoms with Crippen molar-refractivity contribution in [3.8, 4) is 0 Å². The molecule has 5 rings (SSSR count). The maximum absolute atomic E-state index is 12.1. The molecule has 866 valence electrons. The van der Waals surface area contributed by atoms with Gasteiger partial charge in [0.2, 0.25) is 0 Å². The van der Waals surface area contributed by atoms with Crippen LogP contribution in [0.5, 0.6) is 0 Å². The van der Waals surface area contributed by atoms with E-state index in [1.807, 2.05) is 125 Å². The highest BCUT2D eigenvalue weighted by molar-refractivity contribution is 7.50. The molecular formula is C78H160B5O52P11-12. The average Bonchev–Trinajstić information content (AvgIpc) is 1.71. The molecule has 5 aliphatic heterocycles. The summed E-state index contributed by atoms with van der Waals surface area (Å²) in [5.74, 6) is 0.0981. The van der Waals surface area contributed by atoms with Crippen molar-refractivity contribution in [2.24, 2.45) is 27.6 Å². The van der Waals surface area contributed by atoms with Gasteiger partial charge in [-0.2, -0.15) is 0 Å². The van der Waals surface area contributed by atoms with Crippen LogP contribution in [-0.2, 0) is 164 Å². The van der Waals surface area contributed by atoms with Crippen LogP contribution >= 0.6 is 85.8 Å². The summed E-state index contributed by atoms with van der Waals surface area (Å²) >= 11 is 0. The summed E-state index contributed by atoms with van der Waals surface area (Å²) in [6.07, 6.45) is -2.23. The lowest BCUT2D eigenvalue weighted by molar-refractivity contribution is -0.342. The highest BCUT2D eigenvalue weighted by Gasteiger charge is 2.47. The standard InChI is InChI=1S/C17H36BO14P3.C14H30BO13P3.C14H29BO10P2.C14H29BO8P2.C10H20BO6P.C3H8.2C2H6.CH4O.CH4/c1-17(2,3)16-14(13-15(18)31-16)32-35(24,25)30-12-6-11-29-34(22,23)28-10-5-9-27-33(20,21)26-8-4-7-19;1-14(2,3)13-11(10-12(15)27-13)28-31(21,22)26-9-5-8-25-30(19,20)24-7-4-6-23-29(16,17)18;1-14(2,3)13-11(10-12(15)24-13)25-27(19,20)23-9-5-8-22-26(17,18)21-7-4-6-16;1-14(2,3)13-11(10-12(15)22-13)23-25(18,19)21-9-7-5-6-8-20-24(4,16)17;1-7(2)10-8(6-9(11)16-10)17-18(13,14)15-5-3-4-12;1-3-2;3*1-2;/h14-16,19H,4-13H2,1-3H3,(H,20,21)(H,22,23)(H,24,25);11-13H,4-10H2,1-3H3,(H,19,20)(H,21,22)(H2,16,17,18);11-13,16H,4-10H2,1-3H3,(H,17,18)(H,19,20);11-13H,5-10H2,1-4H3,(H,16,17)(H,18,19);7-10,12H,3-6H2,1-2H3,(H,13,14);3H2,1-2H3;2*1-2H3;2H,1H3;1H4/p-12. The molecule has 0 saturated carbocycles. The number of ether oxygens (including phenoxy) is 5. The van der Waals surface area contributed by atoms with Gasteiger partial charge in [0, 0.05) is 63.6 Å². The molecule has 0 aliphatic carbocycles. The van der Waals surface area contributed by atoms with Gasteiger partial charge in [0.25, 0.3) is 70.4 Å². The fraction of sp³-hybridized carbons (Fsp3) is 1.00. The van der Waals surface area contributed by atoms with Crippen molar-refractivity contribution in [3.63, 3.8) is 0 Å². The van der Waals surface area contributed by atoms with Crippen LogP contribution < -0.4 is 58.7 Å². The molecule has 146 heavy (non-hydrogen) atoms. The molecule has 0 aromatic heterocycles. The minimum absolute atomic E-state index is 0. The first-order valence-corrected chi connectivity index (χ1v) is 63.6. The molecule has 0 bridgehead atoms. The van der Waals surface area contributed by atoms with Gasteiger partial charge in [-0.3, -0.25) is 41.1 Å². The molecule has 68 heteroatoms. The van der Waals surface area contributed by atoms with Gasteiger partial charge in [0.15, 0.2) is 0 Å². The lowest BCUT2D eigenvalue weighted by Crippen LogP contribution is -2.37. The number of hydrogen-bond acceptors (Lipinski definition) is 52. The SMILES string of the molecule is C.CC.CC.CCC.CO.[B]C1CC(OP(=O)([O-])OCCCCCOP(C)(=O)[O-])C(C(C)(C)C)O1.[B]C1CC(OP(=O)([O-])OCCCO)C(C(C)C)O1.[B]C1CC(OP(=O)([O-])OCCCOP(=O)([O-])OCCCO)C(C(C)(C)C)O1.[B]C1CC(OP(=O)([O-])OCCCOP(=O)([O-])OCCCOP(=O)([O-])OCCCO)C(C(C)(C)C)O1.[B]C1CC(OP(=O)([O-])OCCCOP(=O)([O-])OCCCOP(=O)([O-])[O-])C(C(C)(C)C)O1. The van der Waals surface area contributed by atoms with Crippen LogP contribution in [0.1, 0.15) is 255 Å². The predicted molar refractivity (Wildman–Crippen MR) is 517 cm³/mol. The first-order valence-electron chi connectivity index (χ1n) is 47.0. The molecule has 0 spiro atoms. The molecule has 5 aliphatic rings. The Morgan fingerprint density at radius 1 is 0.281 bits per heavy atom. The van der Waals surface area contributed by atoms with Gasteiger partial charge in [-0.1, -0.05) is 152 Å². The summed E-state index contributed by atoms with van der Waals surface area (Å²) in [6.45, 7) is 34.4. The minimum atomic E-state index is -5.13. The van der Waals surface area contributed by atoms with E-state index in [4.69, 9.17) is 124 Å². The van der Waals surface area contributed by atoms with Gasteiger partial charge in [0.05, 0.1) is 168 Å². The summed E-state index contributed by atoms with van der Waals surface area (Å²) in [6, 6.07) is -3.02. The van der Waals surface area contributed by atoms with Crippen LogP contribution in [0, 0.1) is 27.6 Å². The van der Waals surface area contributed by atoms with Crippen LogP contribution in [0.3, 0.4) is 0 Å². The van der Waals surface area contributed by atoms with Gasteiger partial charge >= 0.3 is 0 Å². The molecular weight excluding hydrogens is 2160 g/mol. The molecule has 0 amide bonds. The highest BCUT2D eigenvalue weighted by Crippen LogP contribution is 2.53. The molecule has 5 saturated heterocycles. The third kappa shape index (κ3) is 80.1. The summed E-state index contributed by atoms with van der Waals surface area (Å²) < 4.78 is 248. The third-order valence-corrected chi connectivity index (χ3v) is 28.3. The van der Waals surface area contributed by atoms with E-state index in [-0.39, 0.29) is 180 Å². The summed E-state index contributed by atoms with van der Waals surface area (Å²) in [7, 11) is -20.6. The number of unbranched alkanes of at least 4 members (excludes halogenated alkanes) is 2. The van der Waals surface area contributed by atoms with Crippen LogP contribution in [0.15, 0.2) is 0 Å². The molecule has 0 aromatic rings. The fourth-order valence-corrected chi connectivity index (χ4v) is 20.9. The van der Waals surface area contributed by atoms with Crippen molar-refractivity contribution in [3.05, 3.63) is 0 Å². The van der Waals surface area contributed by atoms with Crippen molar-refractivity contribution < 1.29 is 244 Å². The number of hydrogen-bond donors (Lipinski definition) is 4. The van der Waals surface area contributed by atoms with Gasteiger partial charge in [-0.25, -0.2) is 0 Å². The summed E-state index contributed by atoms with van der Waals surface area (Å²) in [5.41, 5.74) is -1.54. The zero-order valence-electron chi connectivity index (χ0n) is 87.2. The smallest absolute Gasteiger partial charge is 0.268 e. The first-order chi connectivity index (χ1) is 66.5. The molecule has 5 heterocycles. The van der Waals surface area contributed by atoms with E-state index in [0.29, 0.717) is 25.7 Å². The zero-order valence-corrected chi connectivity index (χ0v) is 97.0. The minimum Gasteiger partial charge on any atom is -0.790 e. The van der Waals surface area contributed by atoms with E-state index in [1.165, 1.54) is 6.42 Å². The normalized spacial score (nSPS) is 26.3. The Morgan fingerprint density at radius 3 is 0.630 bits per heavy atom. The molecule has 0 aromatic carbocycles. The van der Waals surface area contributed by atoms with Gasteiger partial charge < -0.3 is 202 Å². The van der Waals surface area contributed by atoms with Crippen molar-refractivity contribution in [1.82, 2.24) is 0 Å². The summed E-state index contributed by atoms with van der Waals surface area (Å²) in [4.78, 5) is 137.